The van der Waals surface area contributed by atoms with Crippen molar-refractivity contribution in [1.29, 1.82) is 0 Å². The lowest BCUT2D eigenvalue weighted by atomic mass is 10.2. The van der Waals surface area contributed by atoms with Gasteiger partial charge in [0.05, 0.1) is 30.9 Å². The highest BCUT2D eigenvalue weighted by atomic mass is 35.5. The molecule has 168 valence electrons. The number of benzene rings is 1. The van der Waals surface area contributed by atoms with E-state index < -0.39 is 0 Å². The molecule has 0 bridgehead atoms. The predicted molar refractivity (Wildman–Crippen MR) is 124 cm³/mol. The van der Waals surface area contributed by atoms with E-state index in [0.29, 0.717) is 29.8 Å². The number of nitrogens with one attached hydrogen (secondary N) is 3. The number of hydrogen-bond acceptors (Lipinski definition) is 8. The van der Waals surface area contributed by atoms with Crippen LogP contribution in [0.15, 0.2) is 36.7 Å². The minimum atomic E-state index is 0.0913. The highest BCUT2D eigenvalue weighted by Crippen LogP contribution is 2.34. The average molecular weight is 457 g/mol. The number of nitrogens with zero attached hydrogens (tertiary/aromatic N) is 5. The predicted octanol–water partition coefficient (Wildman–Crippen LogP) is 3.07. The normalized spacial score (nSPS) is 15.4. The van der Waals surface area contributed by atoms with Crippen LogP contribution in [0.1, 0.15) is 12.8 Å². The first-order valence-corrected chi connectivity index (χ1v) is 10.5. The molecule has 0 saturated carbocycles. The van der Waals surface area contributed by atoms with Crippen molar-refractivity contribution in [2.75, 3.05) is 36.2 Å². The molecule has 1 aliphatic rings. The lowest BCUT2D eigenvalue weighted by molar-refractivity contribution is -0.119. The zero-order chi connectivity index (χ0) is 22.7. The Kier molecular flexibility index (Phi) is 6.31. The maximum atomic E-state index is 11.6. The Balaban J connectivity index is 1.58. The highest BCUT2D eigenvalue weighted by molar-refractivity contribution is 6.33. The van der Waals surface area contributed by atoms with Crippen LogP contribution in [-0.2, 0) is 11.8 Å². The summed E-state index contributed by atoms with van der Waals surface area (Å²) in [5.41, 5.74) is 1.69. The van der Waals surface area contributed by atoms with Crippen LogP contribution in [-0.4, -0.2) is 52.4 Å². The summed E-state index contributed by atoms with van der Waals surface area (Å²) in [4.78, 5) is 22.4. The van der Waals surface area contributed by atoms with Gasteiger partial charge in [-0.25, -0.2) is 4.98 Å². The van der Waals surface area contributed by atoms with Gasteiger partial charge in [-0.2, -0.15) is 10.1 Å². The lowest BCUT2D eigenvalue weighted by Gasteiger charge is -2.26. The molecule has 0 spiro atoms. The molecular weight excluding hydrogens is 432 g/mol. The van der Waals surface area contributed by atoms with Crippen molar-refractivity contribution in [2.45, 2.75) is 18.9 Å². The summed E-state index contributed by atoms with van der Waals surface area (Å²) in [6.45, 7) is 0.665. The number of carbonyl (C=O) groups is 1. The van der Waals surface area contributed by atoms with Gasteiger partial charge in [-0.3, -0.25) is 9.48 Å². The van der Waals surface area contributed by atoms with Crippen LogP contribution in [0.4, 0.5) is 29.0 Å². The fourth-order valence-corrected chi connectivity index (χ4v) is 3.70. The van der Waals surface area contributed by atoms with E-state index in [9.17, 15) is 4.79 Å². The Morgan fingerprint density at radius 3 is 2.88 bits per heavy atom. The summed E-state index contributed by atoms with van der Waals surface area (Å²) in [5, 5.41) is 13.9. The lowest BCUT2D eigenvalue weighted by Crippen LogP contribution is -2.37. The number of amides is 1. The molecule has 1 saturated heterocycles. The van der Waals surface area contributed by atoms with Crippen LogP contribution in [0, 0.1) is 0 Å². The van der Waals surface area contributed by atoms with Gasteiger partial charge in [0.1, 0.15) is 16.6 Å². The van der Waals surface area contributed by atoms with E-state index in [-0.39, 0.29) is 11.9 Å². The van der Waals surface area contributed by atoms with Crippen LogP contribution in [0.3, 0.4) is 0 Å². The molecule has 1 aliphatic heterocycles. The Labute approximate surface area is 190 Å². The Morgan fingerprint density at radius 2 is 2.19 bits per heavy atom. The molecule has 3 N–H and O–H groups in total. The number of aryl methyl sites for hydroxylation is 1. The van der Waals surface area contributed by atoms with Gasteiger partial charge < -0.3 is 25.6 Å². The minimum absolute atomic E-state index is 0.0913. The number of aromatic nitrogens is 4. The topological polar surface area (TPSA) is 109 Å². The van der Waals surface area contributed by atoms with Gasteiger partial charge in [-0.05, 0) is 18.6 Å². The van der Waals surface area contributed by atoms with Crippen LogP contribution < -0.4 is 25.6 Å². The van der Waals surface area contributed by atoms with Gasteiger partial charge in [0.2, 0.25) is 11.9 Å². The maximum absolute atomic E-state index is 11.6. The molecule has 2 aromatic heterocycles. The number of halogens is 1. The zero-order valence-corrected chi connectivity index (χ0v) is 18.8. The van der Waals surface area contributed by atoms with Gasteiger partial charge in [0.25, 0.3) is 0 Å². The monoisotopic (exact) mass is 456 g/mol. The minimum Gasteiger partial charge on any atom is -0.497 e. The fraction of sp³-hybridized carbons (Fsp3) is 0.333. The molecule has 10 nitrogen and oxygen atoms in total. The molecule has 11 heteroatoms. The molecule has 0 radical (unpaired) electrons. The van der Waals surface area contributed by atoms with Gasteiger partial charge >= 0.3 is 0 Å². The van der Waals surface area contributed by atoms with Crippen molar-refractivity contribution >= 4 is 46.5 Å². The molecule has 32 heavy (non-hydrogen) atoms. The summed E-state index contributed by atoms with van der Waals surface area (Å²) in [5.74, 6) is 2.41. The third-order valence-corrected chi connectivity index (χ3v) is 5.53. The molecule has 4 rings (SSSR count). The Hall–Kier alpha value is -3.53. The first-order chi connectivity index (χ1) is 15.4. The number of hydrogen-bond donors (Lipinski definition) is 3. The summed E-state index contributed by atoms with van der Waals surface area (Å²) in [6, 6.07) is 7.63. The van der Waals surface area contributed by atoms with Crippen molar-refractivity contribution in [2.24, 2.45) is 7.05 Å². The van der Waals surface area contributed by atoms with Gasteiger partial charge in [-0.15, -0.1) is 0 Å². The summed E-state index contributed by atoms with van der Waals surface area (Å²) in [7, 11) is 5.42. The quantitative estimate of drug-likeness (QED) is 0.474. The van der Waals surface area contributed by atoms with E-state index in [1.807, 2.05) is 38.4 Å². The largest absolute Gasteiger partial charge is 0.497 e. The summed E-state index contributed by atoms with van der Waals surface area (Å²) >= 11 is 6.38. The van der Waals surface area contributed by atoms with Crippen molar-refractivity contribution < 1.29 is 9.53 Å². The molecule has 3 heterocycles. The van der Waals surface area contributed by atoms with Crippen LogP contribution in [0.2, 0.25) is 5.02 Å². The molecule has 1 fully saturated rings. The fourth-order valence-electron chi connectivity index (χ4n) is 3.56. The van der Waals surface area contributed by atoms with E-state index >= 15 is 0 Å². The van der Waals surface area contributed by atoms with Crippen LogP contribution in [0.5, 0.6) is 5.75 Å². The van der Waals surface area contributed by atoms with Gasteiger partial charge in [-0.1, -0.05) is 11.6 Å². The second kappa shape index (κ2) is 9.31. The van der Waals surface area contributed by atoms with E-state index in [4.69, 9.17) is 16.3 Å². The van der Waals surface area contributed by atoms with Crippen molar-refractivity contribution in [3.8, 4) is 5.75 Å². The van der Waals surface area contributed by atoms with Gasteiger partial charge in [0, 0.05) is 45.2 Å². The summed E-state index contributed by atoms with van der Waals surface area (Å²) < 4.78 is 7.10. The molecule has 1 aromatic carbocycles. The molecule has 1 atom stereocenters. The molecule has 0 aliphatic carbocycles. The Morgan fingerprint density at radius 1 is 1.34 bits per heavy atom. The Bertz CT molecular complexity index is 1120. The van der Waals surface area contributed by atoms with E-state index in [1.54, 1.807) is 18.0 Å². The smallest absolute Gasteiger partial charge is 0.230 e. The van der Waals surface area contributed by atoms with Gasteiger partial charge in [0.15, 0.2) is 5.82 Å². The molecule has 3 aromatic rings. The molecule has 1 amide bonds. The highest BCUT2D eigenvalue weighted by Gasteiger charge is 2.23. The number of ether oxygens (including phenoxy) is 1. The molecule has 1 unspecified atom stereocenters. The van der Waals surface area contributed by atoms with Crippen LogP contribution >= 0.6 is 11.6 Å². The summed E-state index contributed by atoms with van der Waals surface area (Å²) in [6.07, 6.45) is 4.60. The first-order valence-electron chi connectivity index (χ1n) is 10.2. The standard InChI is InChI=1S/C21H25ClN8O2/c1-29(12-13-4-7-19(31)25-13)17-10-14(32-3)5-6-16(17)26-20-15(22)11-23-21(28-20)27-18-8-9-24-30(18)2/h5-6,8-11,13H,4,7,12H2,1-3H3,(H,25,31)(H2,23,26,27,28). The van der Waals surface area contributed by atoms with E-state index in [2.05, 4.69) is 35.9 Å². The number of carbonyl (C=O) groups excluding carboxylic acids is 1. The third kappa shape index (κ3) is 4.86. The van der Waals surface area contributed by atoms with E-state index in [1.165, 1.54) is 6.20 Å². The van der Waals surface area contributed by atoms with Crippen LogP contribution in [0.25, 0.3) is 0 Å². The second-order valence-corrected chi connectivity index (χ2v) is 7.95. The van der Waals surface area contributed by atoms with Crippen molar-refractivity contribution in [3.05, 3.63) is 41.7 Å². The third-order valence-electron chi connectivity index (χ3n) is 5.25. The van der Waals surface area contributed by atoms with Crippen molar-refractivity contribution in [3.63, 3.8) is 0 Å². The van der Waals surface area contributed by atoms with E-state index in [0.717, 1.165) is 29.4 Å². The maximum Gasteiger partial charge on any atom is 0.230 e. The number of likely N-dealkylation sites (N-methyl/N-ethyl adjacent to an activating group) is 1. The molecular formula is C21H25ClN8O2. The zero-order valence-electron chi connectivity index (χ0n) is 18.1. The number of anilines is 5. The first kappa shape index (κ1) is 21.7. The number of methoxy groups -OCH3 is 1. The SMILES string of the molecule is COc1ccc(Nc2nc(Nc3ccnn3C)ncc2Cl)c(N(C)CC2CCC(=O)N2)c1. The average Bonchev–Trinajstić information content (AvgIpc) is 3.38. The van der Waals surface area contributed by atoms with Crippen molar-refractivity contribution in [1.82, 2.24) is 25.1 Å². The second-order valence-electron chi connectivity index (χ2n) is 7.55. The number of rotatable bonds is 8.